The fourth-order valence-electron chi connectivity index (χ4n) is 2.54. The Bertz CT molecular complexity index is 882. The summed E-state index contributed by atoms with van der Waals surface area (Å²) in [6, 6.07) is 17.4. The van der Waals surface area contributed by atoms with E-state index in [-0.39, 0.29) is 5.91 Å². The van der Waals surface area contributed by atoms with Crippen molar-refractivity contribution < 1.29 is 9.53 Å². The summed E-state index contributed by atoms with van der Waals surface area (Å²) in [5.74, 6) is 1.12. The molecule has 0 saturated heterocycles. The van der Waals surface area contributed by atoms with Crippen LogP contribution in [0.1, 0.15) is 12.5 Å². The minimum absolute atomic E-state index is 0.0325. The van der Waals surface area contributed by atoms with E-state index in [0.717, 1.165) is 39.4 Å². The van der Waals surface area contributed by atoms with Gasteiger partial charge in [0, 0.05) is 11.1 Å². The molecule has 0 spiro atoms. The van der Waals surface area contributed by atoms with Crippen LogP contribution in [0.15, 0.2) is 59.6 Å². The maximum absolute atomic E-state index is 12.2. The van der Waals surface area contributed by atoms with Crippen molar-refractivity contribution in [1.82, 2.24) is 4.98 Å². The molecule has 0 aliphatic rings. The molecule has 3 rings (SSSR count). The number of hydrogen-bond donors (Lipinski definition) is 1. The minimum atomic E-state index is -0.0325. The highest BCUT2D eigenvalue weighted by atomic mass is 32.2. The number of ether oxygens (including phenoxy) is 1. The van der Waals surface area contributed by atoms with Gasteiger partial charge in [-0.15, -0.1) is 0 Å². The van der Waals surface area contributed by atoms with Gasteiger partial charge < -0.3 is 10.1 Å². The summed E-state index contributed by atoms with van der Waals surface area (Å²) in [6.07, 6.45) is 0.864. The Morgan fingerprint density at radius 1 is 1.16 bits per heavy atom. The topological polar surface area (TPSA) is 51.2 Å². The monoisotopic (exact) mass is 352 g/mol. The average molecular weight is 352 g/mol. The van der Waals surface area contributed by atoms with Gasteiger partial charge in [0.15, 0.2) is 0 Å². The highest BCUT2D eigenvalue weighted by molar-refractivity contribution is 8.00. The minimum Gasteiger partial charge on any atom is -0.497 e. The van der Waals surface area contributed by atoms with Crippen LogP contribution in [0.2, 0.25) is 0 Å². The Morgan fingerprint density at radius 2 is 1.96 bits per heavy atom. The van der Waals surface area contributed by atoms with Crippen LogP contribution >= 0.6 is 11.8 Å². The third kappa shape index (κ3) is 4.31. The Balaban J connectivity index is 1.75. The number of methoxy groups -OCH3 is 1. The second-order valence-electron chi connectivity index (χ2n) is 5.57. The highest BCUT2D eigenvalue weighted by Gasteiger charge is 2.10. The summed E-state index contributed by atoms with van der Waals surface area (Å²) in [5, 5.41) is 4.85. The number of hydrogen-bond acceptors (Lipinski definition) is 4. The van der Waals surface area contributed by atoms with Gasteiger partial charge >= 0.3 is 0 Å². The van der Waals surface area contributed by atoms with Gasteiger partial charge in [0.1, 0.15) is 10.8 Å². The first-order chi connectivity index (χ1) is 12.2. The largest absolute Gasteiger partial charge is 0.497 e. The maximum Gasteiger partial charge on any atom is 0.234 e. The Hall–Kier alpha value is -2.53. The number of aromatic nitrogens is 1. The van der Waals surface area contributed by atoms with Crippen LogP contribution in [0.25, 0.3) is 10.9 Å². The SMILES string of the molecule is CCc1cc2cc(OC)ccc2nc1SCC(=O)Nc1ccccc1. The van der Waals surface area contributed by atoms with E-state index in [1.807, 2.05) is 48.5 Å². The van der Waals surface area contributed by atoms with Crippen LogP contribution < -0.4 is 10.1 Å². The highest BCUT2D eigenvalue weighted by Crippen LogP contribution is 2.27. The number of aryl methyl sites for hydroxylation is 1. The summed E-state index contributed by atoms with van der Waals surface area (Å²) >= 11 is 1.47. The molecular formula is C20H20N2O2S. The van der Waals surface area contributed by atoms with Gasteiger partial charge in [0.25, 0.3) is 0 Å². The Kier molecular flexibility index (Phi) is 5.56. The molecule has 3 aromatic rings. The van der Waals surface area contributed by atoms with E-state index < -0.39 is 0 Å². The van der Waals surface area contributed by atoms with E-state index in [1.165, 1.54) is 11.8 Å². The molecule has 0 unspecified atom stereocenters. The number of nitrogens with zero attached hydrogens (tertiary/aromatic N) is 1. The van der Waals surface area contributed by atoms with Crippen molar-refractivity contribution in [2.24, 2.45) is 0 Å². The van der Waals surface area contributed by atoms with Crippen LogP contribution in [-0.2, 0) is 11.2 Å². The number of para-hydroxylation sites is 1. The van der Waals surface area contributed by atoms with Gasteiger partial charge in [-0.2, -0.15) is 0 Å². The number of anilines is 1. The fraction of sp³-hybridized carbons (Fsp3) is 0.200. The Labute approximate surface area is 151 Å². The lowest BCUT2D eigenvalue weighted by Gasteiger charge is -2.10. The molecule has 0 aliphatic carbocycles. The van der Waals surface area contributed by atoms with Gasteiger partial charge in [-0.3, -0.25) is 4.79 Å². The number of thioether (sulfide) groups is 1. The summed E-state index contributed by atoms with van der Waals surface area (Å²) in [6.45, 7) is 2.09. The second kappa shape index (κ2) is 8.03. The standard InChI is InChI=1S/C20H20N2O2S/c1-3-14-11-15-12-17(24-2)9-10-18(15)22-20(14)25-13-19(23)21-16-7-5-4-6-8-16/h4-12H,3,13H2,1-2H3,(H,21,23). The number of pyridine rings is 1. The smallest absolute Gasteiger partial charge is 0.234 e. The first kappa shape index (κ1) is 17.3. The molecule has 0 bridgehead atoms. The van der Waals surface area contributed by atoms with Crippen molar-refractivity contribution in [3.8, 4) is 5.75 Å². The zero-order valence-corrected chi connectivity index (χ0v) is 15.1. The number of carbonyl (C=O) groups is 1. The fourth-order valence-corrected chi connectivity index (χ4v) is 3.43. The van der Waals surface area contributed by atoms with Gasteiger partial charge in [0.05, 0.1) is 18.4 Å². The molecule has 1 aromatic heterocycles. The lowest BCUT2D eigenvalue weighted by molar-refractivity contribution is -0.113. The molecular weight excluding hydrogens is 332 g/mol. The van der Waals surface area contributed by atoms with Crippen molar-refractivity contribution in [3.63, 3.8) is 0 Å². The lowest BCUT2D eigenvalue weighted by atomic mass is 10.1. The molecule has 1 heterocycles. The van der Waals surface area contributed by atoms with Gasteiger partial charge in [-0.05, 0) is 48.4 Å². The summed E-state index contributed by atoms with van der Waals surface area (Å²) in [7, 11) is 1.66. The van der Waals surface area contributed by atoms with E-state index in [9.17, 15) is 4.79 Å². The zero-order chi connectivity index (χ0) is 17.6. The summed E-state index contributed by atoms with van der Waals surface area (Å²) < 4.78 is 5.28. The number of fused-ring (bicyclic) bond motifs is 1. The van der Waals surface area contributed by atoms with E-state index in [4.69, 9.17) is 9.72 Å². The first-order valence-electron chi connectivity index (χ1n) is 8.15. The number of carbonyl (C=O) groups excluding carboxylic acids is 1. The van der Waals surface area contributed by atoms with E-state index >= 15 is 0 Å². The zero-order valence-electron chi connectivity index (χ0n) is 14.3. The molecule has 0 radical (unpaired) electrons. The molecule has 5 heteroatoms. The quantitative estimate of drug-likeness (QED) is 0.662. The normalized spacial score (nSPS) is 10.6. The lowest BCUT2D eigenvalue weighted by Crippen LogP contribution is -2.14. The predicted molar refractivity (Wildman–Crippen MR) is 103 cm³/mol. The van der Waals surface area contributed by atoms with Crippen molar-refractivity contribution in [1.29, 1.82) is 0 Å². The number of amides is 1. The number of benzene rings is 2. The molecule has 0 atom stereocenters. The molecule has 1 amide bonds. The molecule has 0 saturated carbocycles. The second-order valence-corrected chi connectivity index (χ2v) is 6.53. The van der Waals surface area contributed by atoms with Crippen LogP contribution in [0.3, 0.4) is 0 Å². The third-order valence-corrected chi connectivity index (χ3v) is 4.87. The van der Waals surface area contributed by atoms with Crippen LogP contribution in [-0.4, -0.2) is 23.8 Å². The van der Waals surface area contributed by atoms with E-state index in [1.54, 1.807) is 7.11 Å². The van der Waals surface area contributed by atoms with Gasteiger partial charge in [0.2, 0.25) is 5.91 Å². The summed E-state index contributed by atoms with van der Waals surface area (Å²) in [5.41, 5.74) is 2.85. The Morgan fingerprint density at radius 3 is 2.68 bits per heavy atom. The van der Waals surface area contributed by atoms with Crippen LogP contribution in [0.4, 0.5) is 5.69 Å². The predicted octanol–water partition coefficient (Wildman–Crippen LogP) is 4.54. The van der Waals surface area contributed by atoms with Gasteiger partial charge in [-0.25, -0.2) is 4.98 Å². The molecule has 0 aliphatic heterocycles. The molecule has 25 heavy (non-hydrogen) atoms. The molecule has 4 nitrogen and oxygen atoms in total. The van der Waals surface area contributed by atoms with E-state index in [0.29, 0.717) is 5.75 Å². The van der Waals surface area contributed by atoms with Crippen molar-refractivity contribution in [2.45, 2.75) is 18.4 Å². The third-order valence-electron chi connectivity index (χ3n) is 3.84. The first-order valence-corrected chi connectivity index (χ1v) is 9.13. The van der Waals surface area contributed by atoms with Crippen molar-refractivity contribution in [3.05, 3.63) is 60.2 Å². The average Bonchev–Trinajstić information content (AvgIpc) is 2.65. The maximum atomic E-state index is 12.2. The number of nitrogens with one attached hydrogen (secondary N) is 1. The molecule has 1 N–H and O–H groups in total. The van der Waals surface area contributed by atoms with Crippen LogP contribution in [0.5, 0.6) is 5.75 Å². The van der Waals surface area contributed by atoms with Crippen molar-refractivity contribution >= 4 is 34.3 Å². The van der Waals surface area contributed by atoms with Crippen molar-refractivity contribution in [2.75, 3.05) is 18.2 Å². The molecule has 2 aromatic carbocycles. The summed E-state index contributed by atoms with van der Waals surface area (Å²) in [4.78, 5) is 16.9. The molecule has 0 fully saturated rings. The van der Waals surface area contributed by atoms with Gasteiger partial charge in [-0.1, -0.05) is 36.9 Å². The van der Waals surface area contributed by atoms with E-state index in [2.05, 4.69) is 18.3 Å². The number of rotatable bonds is 6. The van der Waals surface area contributed by atoms with Crippen LogP contribution in [0, 0.1) is 0 Å². The molecule has 128 valence electrons.